The highest BCUT2D eigenvalue weighted by molar-refractivity contribution is 5.97. The van der Waals surface area contributed by atoms with Crippen LogP contribution in [0.2, 0.25) is 0 Å². The minimum atomic E-state index is -0.760. The van der Waals surface area contributed by atoms with Gasteiger partial charge in [0.05, 0.1) is 24.5 Å². The van der Waals surface area contributed by atoms with Gasteiger partial charge in [0.1, 0.15) is 6.04 Å². The van der Waals surface area contributed by atoms with Crippen molar-refractivity contribution < 1.29 is 19.5 Å². The topological polar surface area (TPSA) is 98.7 Å². The van der Waals surface area contributed by atoms with E-state index in [2.05, 4.69) is 38.3 Å². The lowest BCUT2D eigenvalue weighted by molar-refractivity contribution is -0.144. The minimum absolute atomic E-state index is 0.0101. The van der Waals surface area contributed by atoms with E-state index < -0.39 is 35.4 Å². The van der Waals surface area contributed by atoms with Crippen LogP contribution >= 0.6 is 0 Å². The van der Waals surface area contributed by atoms with Crippen LogP contribution in [0.4, 0.5) is 0 Å². The molecule has 2 aliphatic rings. The van der Waals surface area contributed by atoms with Gasteiger partial charge in [-0.1, -0.05) is 66.5 Å². The summed E-state index contributed by atoms with van der Waals surface area (Å²) in [6.45, 7) is 16.3. The molecule has 0 aromatic heterocycles. The van der Waals surface area contributed by atoms with Crippen LogP contribution < -0.4 is 10.6 Å². The Balaban J connectivity index is 2.57. The number of aliphatic hydroxyl groups excluding tert-OH is 1. The number of rotatable bonds is 10. The van der Waals surface area contributed by atoms with Crippen LogP contribution in [0.15, 0.2) is 12.2 Å². The molecule has 1 aliphatic carbocycles. The van der Waals surface area contributed by atoms with E-state index in [0.717, 1.165) is 25.7 Å². The molecule has 0 bridgehead atoms. The Morgan fingerprint density at radius 3 is 2.23 bits per heavy atom. The highest BCUT2D eigenvalue weighted by Gasteiger charge is 2.59. The van der Waals surface area contributed by atoms with Gasteiger partial charge in [0.15, 0.2) is 0 Å². The van der Waals surface area contributed by atoms with Crippen molar-refractivity contribution in [3.8, 4) is 0 Å². The van der Waals surface area contributed by atoms with Crippen molar-refractivity contribution in [3.63, 3.8) is 0 Å². The number of hydrogen-bond donors (Lipinski definition) is 3. The Labute approximate surface area is 212 Å². The molecular weight excluding hydrogens is 442 g/mol. The van der Waals surface area contributed by atoms with Crippen LogP contribution in [-0.4, -0.2) is 59.0 Å². The fraction of sp³-hybridized carbons (Fsp3) is 0.821. The molecule has 7 heteroatoms. The van der Waals surface area contributed by atoms with Crippen LogP contribution in [0.1, 0.15) is 81.1 Å². The SMILES string of the molecule is CCC[C@@H]1C=C[C@H]2[C@H](C(=O)N([C@@H](CO)[C@@H](C)CC)[C@@H]2C(=O)NC(C)(C)CC(C)(C)C)[C@@H]1C(=O)NC. The second-order valence-corrected chi connectivity index (χ2v) is 12.5. The zero-order valence-electron chi connectivity index (χ0n) is 23.4. The van der Waals surface area contributed by atoms with Gasteiger partial charge in [-0.15, -0.1) is 0 Å². The van der Waals surface area contributed by atoms with Crippen molar-refractivity contribution >= 4 is 17.7 Å². The first kappa shape index (κ1) is 29.3. The Kier molecular flexibility index (Phi) is 9.59. The molecule has 3 N–H and O–H groups in total. The molecule has 0 spiro atoms. The maximum absolute atomic E-state index is 14.1. The molecule has 7 nitrogen and oxygen atoms in total. The number of allylic oxidation sites excluding steroid dienone is 1. The van der Waals surface area contributed by atoms with Gasteiger partial charge in [-0.05, 0) is 43.9 Å². The summed E-state index contributed by atoms with van der Waals surface area (Å²) < 4.78 is 0. The smallest absolute Gasteiger partial charge is 0.243 e. The fourth-order valence-corrected chi connectivity index (χ4v) is 6.53. The molecule has 1 heterocycles. The van der Waals surface area contributed by atoms with E-state index in [1.165, 1.54) is 0 Å². The molecular formula is C28H49N3O4. The summed E-state index contributed by atoms with van der Waals surface area (Å²) in [5, 5.41) is 16.3. The summed E-state index contributed by atoms with van der Waals surface area (Å²) in [5.74, 6) is -2.16. The van der Waals surface area contributed by atoms with Crippen molar-refractivity contribution in [2.24, 2.45) is 35.0 Å². The Bertz CT molecular complexity index is 801. The minimum Gasteiger partial charge on any atom is -0.394 e. The lowest BCUT2D eigenvalue weighted by Gasteiger charge is -2.39. The predicted octanol–water partition coefficient (Wildman–Crippen LogP) is 3.52. The molecule has 200 valence electrons. The lowest BCUT2D eigenvalue weighted by atomic mass is 9.68. The van der Waals surface area contributed by atoms with Crippen LogP contribution in [-0.2, 0) is 14.4 Å². The van der Waals surface area contributed by atoms with E-state index in [1.54, 1.807) is 11.9 Å². The third-order valence-electron chi connectivity index (χ3n) is 7.77. The molecule has 3 amide bonds. The number of nitrogens with zero attached hydrogens (tertiary/aromatic N) is 1. The second-order valence-electron chi connectivity index (χ2n) is 12.5. The summed E-state index contributed by atoms with van der Waals surface area (Å²) in [4.78, 5) is 42.7. The van der Waals surface area contributed by atoms with Crippen LogP contribution in [0, 0.1) is 35.0 Å². The Morgan fingerprint density at radius 2 is 1.74 bits per heavy atom. The predicted molar refractivity (Wildman–Crippen MR) is 139 cm³/mol. The molecule has 0 saturated carbocycles. The maximum Gasteiger partial charge on any atom is 0.243 e. The number of amides is 3. The number of carbonyl (C=O) groups excluding carboxylic acids is 3. The Hall–Kier alpha value is -1.89. The zero-order valence-corrected chi connectivity index (χ0v) is 23.4. The summed E-state index contributed by atoms with van der Waals surface area (Å²) in [5.41, 5.74) is -0.464. The molecule has 1 saturated heterocycles. The van der Waals surface area contributed by atoms with E-state index in [9.17, 15) is 19.5 Å². The Morgan fingerprint density at radius 1 is 1.11 bits per heavy atom. The van der Waals surface area contributed by atoms with E-state index in [-0.39, 0.29) is 41.6 Å². The van der Waals surface area contributed by atoms with Crippen molar-refractivity contribution in [1.82, 2.24) is 15.5 Å². The van der Waals surface area contributed by atoms with Crippen LogP contribution in [0.5, 0.6) is 0 Å². The van der Waals surface area contributed by atoms with Gasteiger partial charge in [-0.2, -0.15) is 0 Å². The average molecular weight is 492 g/mol. The normalized spacial score (nSPS) is 28.5. The molecule has 0 radical (unpaired) electrons. The quantitative estimate of drug-likeness (QED) is 0.407. The number of likely N-dealkylation sites (tertiary alicyclic amines) is 1. The van der Waals surface area contributed by atoms with Gasteiger partial charge in [-0.25, -0.2) is 0 Å². The second kappa shape index (κ2) is 11.4. The molecule has 0 aromatic carbocycles. The summed E-state index contributed by atoms with van der Waals surface area (Å²) in [6, 6.07) is -1.24. The highest BCUT2D eigenvalue weighted by atomic mass is 16.3. The standard InChI is InChI=1S/C28H49N3O4/c1-10-12-18-13-14-19-22(21(18)24(33)29-9)26(35)31(20(15-32)17(3)11-2)23(19)25(34)30-28(7,8)16-27(4,5)6/h13-14,17-23,32H,10-12,15-16H2,1-9H3,(H,29,33)(H,30,34)/t17-,18+,19-,20-,21+,22-,23-/m0/s1. The molecule has 1 fully saturated rings. The van der Waals surface area contributed by atoms with E-state index in [0.29, 0.717) is 0 Å². The van der Waals surface area contributed by atoms with Gasteiger partial charge in [-0.3, -0.25) is 14.4 Å². The summed E-state index contributed by atoms with van der Waals surface area (Å²) in [6.07, 6.45) is 7.27. The number of carbonyl (C=O) groups is 3. The fourth-order valence-electron chi connectivity index (χ4n) is 6.53. The molecule has 35 heavy (non-hydrogen) atoms. The largest absolute Gasteiger partial charge is 0.394 e. The summed E-state index contributed by atoms with van der Waals surface area (Å²) >= 11 is 0. The first-order chi connectivity index (χ1) is 16.2. The average Bonchev–Trinajstić information content (AvgIpc) is 3.04. The molecule has 7 atom stereocenters. The third kappa shape index (κ3) is 6.46. The summed E-state index contributed by atoms with van der Waals surface area (Å²) in [7, 11) is 1.60. The van der Waals surface area contributed by atoms with Crippen molar-refractivity contribution in [1.29, 1.82) is 0 Å². The van der Waals surface area contributed by atoms with Crippen molar-refractivity contribution in [3.05, 3.63) is 12.2 Å². The number of hydrogen-bond acceptors (Lipinski definition) is 4. The van der Waals surface area contributed by atoms with Crippen LogP contribution in [0.3, 0.4) is 0 Å². The van der Waals surface area contributed by atoms with E-state index >= 15 is 0 Å². The molecule has 0 aromatic rings. The van der Waals surface area contributed by atoms with Gasteiger partial charge in [0.25, 0.3) is 0 Å². The number of aliphatic hydroxyl groups is 1. The van der Waals surface area contributed by atoms with Crippen LogP contribution in [0.25, 0.3) is 0 Å². The van der Waals surface area contributed by atoms with Crippen molar-refractivity contribution in [2.45, 2.75) is 98.7 Å². The number of nitrogens with one attached hydrogen (secondary N) is 2. The van der Waals surface area contributed by atoms with Gasteiger partial charge in [0.2, 0.25) is 17.7 Å². The monoisotopic (exact) mass is 491 g/mol. The van der Waals surface area contributed by atoms with Gasteiger partial charge >= 0.3 is 0 Å². The van der Waals surface area contributed by atoms with Gasteiger partial charge in [0, 0.05) is 18.5 Å². The van der Waals surface area contributed by atoms with E-state index in [4.69, 9.17) is 0 Å². The molecule has 0 unspecified atom stereocenters. The molecule has 2 rings (SSSR count). The first-order valence-corrected chi connectivity index (χ1v) is 13.4. The highest BCUT2D eigenvalue weighted by Crippen LogP contribution is 2.46. The zero-order chi connectivity index (χ0) is 26.7. The third-order valence-corrected chi connectivity index (χ3v) is 7.77. The van der Waals surface area contributed by atoms with E-state index in [1.807, 2.05) is 39.8 Å². The molecule has 1 aliphatic heterocycles. The first-order valence-electron chi connectivity index (χ1n) is 13.4. The lowest BCUT2D eigenvalue weighted by Crippen LogP contribution is -2.58. The maximum atomic E-state index is 14.1. The van der Waals surface area contributed by atoms with Gasteiger partial charge < -0.3 is 20.6 Å². The van der Waals surface area contributed by atoms with Crippen molar-refractivity contribution in [2.75, 3.05) is 13.7 Å². The number of fused-ring (bicyclic) bond motifs is 1.